The van der Waals surface area contributed by atoms with E-state index in [1.54, 1.807) is 0 Å². The zero-order valence-corrected chi connectivity index (χ0v) is 51.6. The number of anilines is 9. The molecule has 2 heterocycles. The number of aromatic nitrogens is 1. The van der Waals surface area contributed by atoms with Gasteiger partial charge in [-0.3, -0.25) is 0 Å². The Hall–Kier alpha value is -12.2. The van der Waals surface area contributed by atoms with E-state index in [0.717, 1.165) is 51.2 Å². The summed E-state index contributed by atoms with van der Waals surface area (Å²) >= 11 is 0. The summed E-state index contributed by atoms with van der Waals surface area (Å²) < 4.78 is 2.55. The minimum absolute atomic E-state index is 0.692. The molecular formula is C90H62N4. The van der Waals surface area contributed by atoms with E-state index < -0.39 is 5.41 Å². The van der Waals surface area contributed by atoms with Crippen molar-refractivity contribution in [1.82, 2.24) is 4.57 Å². The van der Waals surface area contributed by atoms with E-state index >= 15 is 0 Å². The molecule has 0 saturated heterocycles. The Labute approximate surface area is 547 Å². The summed E-state index contributed by atoms with van der Waals surface area (Å²) in [5.41, 5.74) is 25.2. The highest BCUT2D eigenvalue weighted by molar-refractivity contribution is 6.13. The van der Waals surface area contributed by atoms with Crippen LogP contribution in [0.25, 0.3) is 71.8 Å². The van der Waals surface area contributed by atoms with Gasteiger partial charge in [-0.15, -0.1) is 0 Å². The van der Waals surface area contributed by atoms with Crippen molar-refractivity contribution >= 4 is 106 Å². The summed E-state index contributed by atoms with van der Waals surface area (Å²) in [4.78, 5) is 7.17. The van der Waals surface area contributed by atoms with Crippen molar-refractivity contribution in [3.05, 3.63) is 397 Å². The van der Waals surface area contributed by atoms with Crippen LogP contribution in [-0.4, -0.2) is 4.57 Å². The molecule has 16 aromatic rings. The van der Waals surface area contributed by atoms with Crippen molar-refractivity contribution in [2.24, 2.45) is 0 Å². The lowest BCUT2D eigenvalue weighted by Crippen LogP contribution is -2.33. The average molecular weight is 1200 g/mol. The van der Waals surface area contributed by atoms with Gasteiger partial charge in [-0.05, 0) is 193 Å². The van der Waals surface area contributed by atoms with Crippen LogP contribution in [0.2, 0.25) is 0 Å². The van der Waals surface area contributed by atoms with E-state index in [9.17, 15) is 0 Å². The summed E-state index contributed by atoms with van der Waals surface area (Å²) in [7, 11) is 0. The zero-order chi connectivity index (χ0) is 62.1. The standard InChI is InChI=1S/C90H62N4/c1-5-29-68(30-6-1)91(69-31-7-2-8-32-69)72-49-47-63(48-50-72)67(60-66-28-21-26-64-24-13-15-37-76(64)66)58-62-46-56-78-79-57-55-75(61-85(79)90(84(78)59-62)82-41-18-20-44-88(82)94-87-43-19-17-39-80(87)81-40-23-42-83(90)89(81)94)93(86-45-22-27-65-25-14-16-38-77(65)86)74-53-51-73(52-54-74)92(70-33-9-3-10-34-70)71-35-11-4-12-36-71/h1-57,59-61H,58H2/b67-60-. The molecule has 1 spiro atoms. The molecule has 18 rings (SSSR count). The first-order chi connectivity index (χ1) is 46.6. The smallest absolute Gasteiger partial charge is 0.0755 e. The molecule has 1 unspecified atom stereocenters. The monoisotopic (exact) mass is 1200 g/mol. The molecule has 0 saturated carbocycles. The molecular weight excluding hydrogens is 1140 g/mol. The zero-order valence-electron chi connectivity index (χ0n) is 51.6. The second-order valence-electron chi connectivity index (χ2n) is 24.8. The Morgan fingerprint density at radius 3 is 1.40 bits per heavy atom. The largest absolute Gasteiger partial charge is 0.311 e. The fourth-order valence-corrected chi connectivity index (χ4v) is 15.5. The number of rotatable bonds is 13. The molecule has 4 heteroatoms. The number of hydrogen-bond acceptors (Lipinski definition) is 3. The number of nitrogens with zero attached hydrogens (tertiary/aromatic N) is 4. The van der Waals surface area contributed by atoms with Crippen molar-refractivity contribution < 1.29 is 0 Å². The molecule has 1 aliphatic carbocycles. The van der Waals surface area contributed by atoms with Crippen LogP contribution in [0.5, 0.6) is 0 Å². The van der Waals surface area contributed by atoms with Crippen LogP contribution in [0.3, 0.4) is 0 Å². The molecule has 0 bridgehead atoms. The average Bonchev–Trinajstić information content (AvgIpc) is 1.48. The molecule has 0 radical (unpaired) electrons. The van der Waals surface area contributed by atoms with Gasteiger partial charge in [0.1, 0.15) is 0 Å². The molecule has 0 fully saturated rings. The summed E-state index contributed by atoms with van der Waals surface area (Å²) in [6, 6.07) is 132. The van der Waals surface area contributed by atoms with Gasteiger partial charge in [0, 0.05) is 61.7 Å². The molecule has 1 aliphatic heterocycles. The molecule has 2 aliphatic rings. The summed E-state index contributed by atoms with van der Waals surface area (Å²) in [5, 5.41) is 7.32. The van der Waals surface area contributed by atoms with E-state index in [-0.39, 0.29) is 0 Å². The normalized spacial score (nSPS) is 13.7. The van der Waals surface area contributed by atoms with Gasteiger partial charge < -0.3 is 19.3 Å². The number of hydrogen-bond donors (Lipinski definition) is 0. The van der Waals surface area contributed by atoms with Crippen LogP contribution < -0.4 is 14.7 Å². The third kappa shape index (κ3) is 8.90. The first kappa shape index (κ1) is 54.7. The fraction of sp³-hybridized carbons (Fsp3) is 0.0222. The van der Waals surface area contributed by atoms with E-state index in [0.29, 0.717) is 6.42 Å². The molecule has 4 nitrogen and oxygen atoms in total. The molecule has 0 N–H and O–H groups in total. The van der Waals surface area contributed by atoms with Crippen molar-refractivity contribution in [3.8, 4) is 16.8 Å². The van der Waals surface area contributed by atoms with E-state index in [4.69, 9.17) is 0 Å². The lowest BCUT2D eigenvalue weighted by Gasteiger charge is -2.40. The Morgan fingerprint density at radius 1 is 0.309 bits per heavy atom. The predicted octanol–water partition coefficient (Wildman–Crippen LogP) is 24.0. The summed E-state index contributed by atoms with van der Waals surface area (Å²) in [6.07, 6.45) is 3.13. The number of benzene rings is 15. The Morgan fingerprint density at radius 2 is 0.755 bits per heavy atom. The van der Waals surface area contributed by atoms with Gasteiger partial charge in [0.15, 0.2) is 0 Å². The number of fused-ring (bicyclic) bond motifs is 14. The Kier molecular flexibility index (Phi) is 13.1. The summed E-state index contributed by atoms with van der Waals surface area (Å²) in [6.45, 7) is 0. The maximum absolute atomic E-state index is 2.58. The fourth-order valence-electron chi connectivity index (χ4n) is 15.5. The molecule has 15 aromatic carbocycles. The lowest BCUT2D eigenvalue weighted by atomic mass is 9.65. The van der Waals surface area contributed by atoms with Gasteiger partial charge in [0.2, 0.25) is 0 Å². The van der Waals surface area contributed by atoms with Crippen LogP contribution in [-0.2, 0) is 11.8 Å². The van der Waals surface area contributed by atoms with Crippen molar-refractivity contribution in [3.63, 3.8) is 0 Å². The van der Waals surface area contributed by atoms with Crippen molar-refractivity contribution in [2.45, 2.75) is 11.8 Å². The first-order valence-electron chi connectivity index (χ1n) is 32.5. The molecule has 94 heavy (non-hydrogen) atoms. The van der Waals surface area contributed by atoms with Crippen molar-refractivity contribution in [1.29, 1.82) is 0 Å². The van der Waals surface area contributed by atoms with Crippen LogP contribution in [0.4, 0.5) is 51.2 Å². The quantitative estimate of drug-likeness (QED) is 0.107. The van der Waals surface area contributed by atoms with Gasteiger partial charge in [-0.1, -0.05) is 249 Å². The Balaban J connectivity index is 0.840. The lowest BCUT2D eigenvalue weighted by molar-refractivity contribution is 0.747. The third-order valence-electron chi connectivity index (χ3n) is 19.6. The van der Waals surface area contributed by atoms with Gasteiger partial charge in [-0.25, -0.2) is 0 Å². The number of allylic oxidation sites excluding steroid dienone is 1. The van der Waals surface area contributed by atoms with Gasteiger partial charge in [0.05, 0.1) is 27.8 Å². The van der Waals surface area contributed by atoms with E-state index in [2.05, 4.69) is 383 Å². The van der Waals surface area contributed by atoms with Crippen molar-refractivity contribution in [2.75, 3.05) is 14.7 Å². The molecule has 442 valence electrons. The SMILES string of the molecule is C(=C(\Cc1ccc2c(c1)C1(c3cc(N(c4ccc(N(c5ccccc5)c5ccccc5)cc4)c4cccc5ccccc45)ccc3-2)c2ccccc2-n2c3ccccc3c3cccc1c32)c1ccc(N(c2ccccc2)c2ccccc2)cc1)/c1cccc2ccccc12. The third-order valence-corrected chi connectivity index (χ3v) is 19.6. The second-order valence-corrected chi connectivity index (χ2v) is 24.8. The van der Waals surface area contributed by atoms with Gasteiger partial charge in [0.25, 0.3) is 0 Å². The maximum atomic E-state index is 2.58. The highest BCUT2D eigenvalue weighted by Crippen LogP contribution is 2.62. The van der Waals surface area contributed by atoms with Crippen LogP contribution >= 0.6 is 0 Å². The molecule has 0 amide bonds. The highest BCUT2D eigenvalue weighted by atomic mass is 15.2. The maximum Gasteiger partial charge on any atom is 0.0755 e. The minimum Gasteiger partial charge on any atom is -0.311 e. The first-order valence-corrected chi connectivity index (χ1v) is 32.5. The second kappa shape index (κ2) is 22.6. The van der Waals surface area contributed by atoms with Gasteiger partial charge >= 0.3 is 0 Å². The van der Waals surface area contributed by atoms with E-state index in [1.165, 1.54) is 105 Å². The van der Waals surface area contributed by atoms with Crippen LogP contribution in [0, 0.1) is 0 Å². The molecule has 1 aromatic heterocycles. The minimum atomic E-state index is -0.739. The molecule has 1 atom stereocenters. The predicted molar refractivity (Wildman–Crippen MR) is 395 cm³/mol. The van der Waals surface area contributed by atoms with Gasteiger partial charge in [-0.2, -0.15) is 0 Å². The summed E-state index contributed by atoms with van der Waals surface area (Å²) in [5.74, 6) is 0. The van der Waals surface area contributed by atoms with Crippen LogP contribution in [0.15, 0.2) is 358 Å². The van der Waals surface area contributed by atoms with E-state index in [1.807, 2.05) is 0 Å². The highest BCUT2D eigenvalue weighted by Gasteiger charge is 2.51. The topological polar surface area (TPSA) is 14.7 Å². The number of para-hydroxylation sites is 7. The Bertz CT molecular complexity index is 5490. The van der Waals surface area contributed by atoms with Crippen LogP contribution in [0.1, 0.15) is 38.9 Å².